The van der Waals surface area contributed by atoms with E-state index in [0.29, 0.717) is 16.5 Å². The molecule has 0 fully saturated rings. The van der Waals surface area contributed by atoms with Crippen molar-refractivity contribution >= 4 is 37.9 Å². The highest BCUT2D eigenvalue weighted by Crippen LogP contribution is 2.25. The molecule has 1 amide bonds. The van der Waals surface area contributed by atoms with Gasteiger partial charge < -0.3 is 11.1 Å². The Morgan fingerprint density at radius 1 is 1.45 bits per heavy atom. The van der Waals surface area contributed by atoms with Crippen LogP contribution in [-0.2, 0) is 14.6 Å². The maximum absolute atomic E-state index is 11.5. The van der Waals surface area contributed by atoms with Crippen molar-refractivity contribution in [1.82, 2.24) is 4.98 Å². The molecular weight excluding hydrogens is 298 g/mol. The third-order valence-corrected chi connectivity index (χ3v) is 3.87. The van der Waals surface area contributed by atoms with Gasteiger partial charge in [-0.15, -0.1) is 11.3 Å². The summed E-state index contributed by atoms with van der Waals surface area (Å²) in [6.45, 7) is 0. The Labute approximate surface area is 120 Å². The van der Waals surface area contributed by atoms with Crippen molar-refractivity contribution in [2.24, 2.45) is 0 Å². The zero-order chi connectivity index (χ0) is 14.8. The van der Waals surface area contributed by atoms with Crippen molar-refractivity contribution in [3.63, 3.8) is 0 Å². The number of rotatable bonds is 4. The quantitative estimate of drug-likeness (QED) is 0.830. The minimum atomic E-state index is -3.35. The molecule has 6 nitrogen and oxygen atoms in total. The fourth-order valence-corrected chi connectivity index (χ4v) is 2.84. The van der Waals surface area contributed by atoms with Gasteiger partial charge >= 0.3 is 0 Å². The fraction of sp³-hybridized carbons (Fsp3) is 0.167. The van der Waals surface area contributed by atoms with E-state index < -0.39 is 21.5 Å². The van der Waals surface area contributed by atoms with Gasteiger partial charge in [-0.1, -0.05) is 12.1 Å². The number of benzene rings is 1. The van der Waals surface area contributed by atoms with Gasteiger partial charge in [0.15, 0.2) is 15.0 Å². The SMILES string of the molecule is CS(=O)(=O)CC(=O)Nc1nc(-c2cccc(N)c2)cs1. The van der Waals surface area contributed by atoms with E-state index in [1.54, 1.807) is 17.5 Å². The number of thiazole rings is 1. The molecule has 3 N–H and O–H groups in total. The van der Waals surface area contributed by atoms with E-state index in [1.165, 1.54) is 11.3 Å². The Bertz CT molecular complexity index is 738. The van der Waals surface area contributed by atoms with Crippen molar-refractivity contribution < 1.29 is 13.2 Å². The summed E-state index contributed by atoms with van der Waals surface area (Å²) < 4.78 is 22.0. The smallest absolute Gasteiger partial charge is 0.241 e. The number of carbonyl (C=O) groups excluding carboxylic acids is 1. The lowest BCUT2D eigenvalue weighted by Gasteiger charge is -2.00. The van der Waals surface area contributed by atoms with E-state index in [4.69, 9.17) is 5.73 Å². The van der Waals surface area contributed by atoms with Gasteiger partial charge in [0.2, 0.25) is 5.91 Å². The number of amides is 1. The highest BCUT2D eigenvalue weighted by atomic mass is 32.2. The zero-order valence-electron chi connectivity index (χ0n) is 10.7. The molecule has 0 spiro atoms. The van der Waals surface area contributed by atoms with Gasteiger partial charge in [0.1, 0.15) is 5.75 Å². The molecule has 0 aliphatic carbocycles. The average molecular weight is 311 g/mol. The summed E-state index contributed by atoms with van der Waals surface area (Å²) in [5, 5.41) is 4.59. The Balaban J connectivity index is 2.12. The van der Waals surface area contributed by atoms with Gasteiger partial charge in [-0.3, -0.25) is 4.79 Å². The zero-order valence-corrected chi connectivity index (χ0v) is 12.3. The molecule has 0 atom stereocenters. The van der Waals surface area contributed by atoms with E-state index in [9.17, 15) is 13.2 Å². The number of sulfone groups is 1. The van der Waals surface area contributed by atoms with Gasteiger partial charge in [-0.05, 0) is 12.1 Å². The molecule has 0 aliphatic heterocycles. The number of nitrogens with one attached hydrogen (secondary N) is 1. The summed E-state index contributed by atoms with van der Waals surface area (Å²) in [4.78, 5) is 15.7. The molecule has 0 bridgehead atoms. The molecule has 106 valence electrons. The van der Waals surface area contributed by atoms with Gasteiger partial charge in [-0.25, -0.2) is 13.4 Å². The topological polar surface area (TPSA) is 102 Å². The van der Waals surface area contributed by atoms with Gasteiger partial charge in [-0.2, -0.15) is 0 Å². The first-order chi connectivity index (χ1) is 9.33. The number of hydrogen-bond donors (Lipinski definition) is 2. The first-order valence-corrected chi connectivity index (χ1v) is 8.56. The molecule has 2 aromatic rings. The monoisotopic (exact) mass is 311 g/mol. The lowest BCUT2D eigenvalue weighted by Crippen LogP contribution is -2.21. The van der Waals surface area contributed by atoms with Crippen LogP contribution in [0.5, 0.6) is 0 Å². The minimum Gasteiger partial charge on any atom is -0.399 e. The second kappa shape index (κ2) is 5.59. The van der Waals surface area contributed by atoms with Gasteiger partial charge in [0, 0.05) is 22.9 Å². The molecular formula is C12H13N3O3S2. The van der Waals surface area contributed by atoms with Crippen LogP contribution >= 0.6 is 11.3 Å². The molecule has 1 heterocycles. The summed E-state index contributed by atoms with van der Waals surface area (Å²) >= 11 is 1.23. The number of aromatic nitrogens is 1. The lowest BCUT2D eigenvalue weighted by atomic mass is 10.1. The third kappa shape index (κ3) is 4.04. The van der Waals surface area contributed by atoms with Crippen LogP contribution in [0.2, 0.25) is 0 Å². The Hall–Kier alpha value is -1.93. The normalized spacial score (nSPS) is 11.2. The Morgan fingerprint density at radius 2 is 2.20 bits per heavy atom. The fourth-order valence-electron chi connectivity index (χ4n) is 1.56. The molecule has 0 radical (unpaired) electrons. The molecule has 0 aliphatic rings. The standard InChI is InChI=1S/C12H13N3O3S2/c1-20(17,18)7-11(16)15-12-14-10(6-19-12)8-3-2-4-9(13)5-8/h2-6H,7,13H2,1H3,(H,14,15,16). The highest BCUT2D eigenvalue weighted by molar-refractivity contribution is 7.91. The van der Waals surface area contributed by atoms with Crippen molar-refractivity contribution in [3.05, 3.63) is 29.6 Å². The summed E-state index contributed by atoms with van der Waals surface area (Å²) in [5.41, 5.74) is 7.83. The van der Waals surface area contributed by atoms with E-state index >= 15 is 0 Å². The highest BCUT2D eigenvalue weighted by Gasteiger charge is 2.13. The Kier molecular flexibility index (Phi) is 4.05. The van der Waals surface area contributed by atoms with E-state index in [0.717, 1.165) is 11.8 Å². The molecule has 1 aromatic carbocycles. The van der Waals surface area contributed by atoms with Crippen LogP contribution in [0.1, 0.15) is 0 Å². The maximum Gasteiger partial charge on any atom is 0.241 e. The summed E-state index contributed by atoms with van der Waals surface area (Å²) in [6, 6.07) is 7.21. The number of nitrogens with two attached hydrogens (primary N) is 1. The lowest BCUT2D eigenvalue weighted by molar-refractivity contribution is -0.113. The molecule has 1 aromatic heterocycles. The number of anilines is 2. The van der Waals surface area contributed by atoms with Crippen LogP contribution in [0.3, 0.4) is 0 Å². The summed E-state index contributed by atoms with van der Waals surface area (Å²) in [7, 11) is -3.35. The third-order valence-electron chi connectivity index (χ3n) is 2.33. The molecule has 0 saturated heterocycles. The maximum atomic E-state index is 11.5. The van der Waals surface area contributed by atoms with Crippen molar-refractivity contribution in [2.75, 3.05) is 23.1 Å². The van der Waals surface area contributed by atoms with Gasteiger partial charge in [0.25, 0.3) is 0 Å². The molecule has 0 unspecified atom stereocenters. The number of hydrogen-bond acceptors (Lipinski definition) is 6. The number of nitrogen functional groups attached to an aromatic ring is 1. The van der Waals surface area contributed by atoms with Crippen molar-refractivity contribution in [3.8, 4) is 11.3 Å². The molecule has 2 rings (SSSR count). The van der Waals surface area contributed by atoms with E-state index in [-0.39, 0.29) is 0 Å². The predicted molar refractivity (Wildman–Crippen MR) is 80.3 cm³/mol. The minimum absolute atomic E-state index is 0.357. The van der Waals surface area contributed by atoms with Crippen LogP contribution in [0.15, 0.2) is 29.6 Å². The predicted octanol–water partition coefficient (Wildman–Crippen LogP) is 1.38. The molecule has 8 heteroatoms. The van der Waals surface area contributed by atoms with Crippen LogP contribution < -0.4 is 11.1 Å². The number of carbonyl (C=O) groups is 1. The average Bonchev–Trinajstić information content (AvgIpc) is 2.74. The Morgan fingerprint density at radius 3 is 2.85 bits per heavy atom. The van der Waals surface area contributed by atoms with Crippen molar-refractivity contribution in [1.29, 1.82) is 0 Å². The van der Waals surface area contributed by atoms with Crippen LogP contribution in [-0.4, -0.2) is 31.3 Å². The molecule has 20 heavy (non-hydrogen) atoms. The van der Waals surface area contributed by atoms with E-state index in [1.807, 2.05) is 12.1 Å². The van der Waals surface area contributed by atoms with Crippen LogP contribution in [0, 0.1) is 0 Å². The number of nitrogens with zero attached hydrogens (tertiary/aromatic N) is 1. The molecule has 0 saturated carbocycles. The first kappa shape index (κ1) is 14.5. The van der Waals surface area contributed by atoms with Crippen LogP contribution in [0.25, 0.3) is 11.3 Å². The van der Waals surface area contributed by atoms with E-state index in [2.05, 4.69) is 10.3 Å². The second-order valence-corrected chi connectivity index (χ2v) is 7.28. The second-order valence-electron chi connectivity index (χ2n) is 4.28. The largest absolute Gasteiger partial charge is 0.399 e. The van der Waals surface area contributed by atoms with Crippen molar-refractivity contribution in [2.45, 2.75) is 0 Å². The summed E-state index contributed by atoms with van der Waals surface area (Å²) in [5.74, 6) is -1.15. The summed E-state index contributed by atoms with van der Waals surface area (Å²) in [6.07, 6.45) is 1.01. The first-order valence-electron chi connectivity index (χ1n) is 5.62. The van der Waals surface area contributed by atoms with Gasteiger partial charge in [0.05, 0.1) is 5.69 Å². The van der Waals surface area contributed by atoms with Crippen LogP contribution in [0.4, 0.5) is 10.8 Å².